The number of hydrogen-bond donors (Lipinski definition) is 1. The van der Waals surface area contributed by atoms with Gasteiger partial charge in [0, 0.05) is 5.75 Å². The molecule has 0 amide bonds. The van der Waals surface area contributed by atoms with Crippen molar-refractivity contribution in [3.05, 3.63) is 0 Å². The highest BCUT2D eigenvalue weighted by molar-refractivity contribution is 8.13. The minimum atomic E-state index is 0.783. The van der Waals surface area contributed by atoms with E-state index in [2.05, 4.69) is 10.3 Å². The first-order chi connectivity index (χ1) is 6.45. The van der Waals surface area contributed by atoms with Gasteiger partial charge in [0.1, 0.15) is 6.61 Å². The van der Waals surface area contributed by atoms with Crippen LogP contribution in [0.15, 0.2) is 4.99 Å². The fourth-order valence-electron chi connectivity index (χ4n) is 1.66. The third-order valence-electron chi connectivity index (χ3n) is 2.40. The normalized spacial score (nSPS) is 28.3. The fourth-order valence-corrected chi connectivity index (χ4v) is 2.67. The van der Waals surface area contributed by atoms with Crippen LogP contribution in [0.1, 0.15) is 12.8 Å². The maximum Gasteiger partial charge on any atom is 0.245 e. The van der Waals surface area contributed by atoms with E-state index in [1.807, 2.05) is 0 Å². The highest BCUT2D eigenvalue weighted by atomic mass is 32.2. The third kappa shape index (κ3) is 2.88. The molecule has 13 heavy (non-hydrogen) atoms. The molecule has 4 heteroatoms. The summed E-state index contributed by atoms with van der Waals surface area (Å²) in [5.41, 5.74) is 0. The Morgan fingerprint density at radius 2 is 2.62 bits per heavy atom. The lowest BCUT2D eigenvalue weighted by molar-refractivity contribution is 0.356. The third-order valence-corrected chi connectivity index (χ3v) is 3.53. The van der Waals surface area contributed by atoms with E-state index in [4.69, 9.17) is 4.74 Å². The molecule has 0 spiro atoms. The van der Waals surface area contributed by atoms with E-state index in [1.165, 1.54) is 25.9 Å². The van der Waals surface area contributed by atoms with Crippen molar-refractivity contribution in [1.82, 2.24) is 5.32 Å². The molecule has 1 fully saturated rings. The second-order valence-electron chi connectivity index (χ2n) is 3.52. The van der Waals surface area contributed by atoms with Crippen LogP contribution in [-0.2, 0) is 4.74 Å². The highest BCUT2D eigenvalue weighted by Gasteiger charge is 2.15. The van der Waals surface area contributed by atoms with E-state index in [-0.39, 0.29) is 0 Å². The lowest BCUT2D eigenvalue weighted by Gasteiger charge is -2.21. The van der Waals surface area contributed by atoms with E-state index in [0.29, 0.717) is 0 Å². The number of ether oxygens (including phenoxy) is 1. The van der Waals surface area contributed by atoms with E-state index in [1.54, 1.807) is 11.8 Å². The smallest absolute Gasteiger partial charge is 0.245 e. The van der Waals surface area contributed by atoms with Gasteiger partial charge in [0.2, 0.25) is 5.23 Å². The number of hydrogen-bond acceptors (Lipinski definition) is 4. The van der Waals surface area contributed by atoms with E-state index in [9.17, 15) is 0 Å². The molecule has 0 saturated carbocycles. The van der Waals surface area contributed by atoms with Crippen LogP contribution in [0.3, 0.4) is 0 Å². The number of nitrogens with one attached hydrogen (secondary N) is 1. The van der Waals surface area contributed by atoms with Gasteiger partial charge in [-0.05, 0) is 31.8 Å². The summed E-state index contributed by atoms with van der Waals surface area (Å²) < 4.78 is 5.34. The van der Waals surface area contributed by atoms with Gasteiger partial charge >= 0.3 is 0 Å². The Hall–Kier alpha value is -0.220. The average molecular weight is 200 g/mol. The number of nitrogens with zero attached hydrogens (tertiary/aromatic N) is 1. The van der Waals surface area contributed by atoms with Gasteiger partial charge in [0.15, 0.2) is 0 Å². The molecule has 0 radical (unpaired) electrons. The van der Waals surface area contributed by atoms with Gasteiger partial charge in [-0.25, -0.2) is 4.99 Å². The van der Waals surface area contributed by atoms with Crippen molar-refractivity contribution in [3.63, 3.8) is 0 Å². The predicted octanol–water partition coefficient (Wildman–Crippen LogP) is 1.11. The summed E-state index contributed by atoms with van der Waals surface area (Å²) in [7, 11) is 0. The number of rotatable bonds is 2. The standard InChI is InChI=1S/C9H16N2OS/c1-2-8(6-10-3-1)7-13-9-11-4-5-12-9/h8,10H,1-7H2. The minimum absolute atomic E-state index is 0.783. The van der Waals surface area contributed by atoms with Crippen molar-refractivity contribution in [1.29, 1.82) is 0 Å². The second-order valence-corrected chi connectivity index (χ2v) is 4.49. The topological polar surface area (TPSA) is 33.6 Å². The van der Waals surface area contributed by atoms with E-state index in [0.717, 1.165) is 30.1 Å². The zero-order valence-corrected chi connectivity index (χ0v) is 8.61. The Morgan fingerprint density at radius 1 is 1.62 bits per heavy atom. The lowest BCUT2D eigenvalue weighted by Crippen LogP contribution is -2.31. The molecule has 2 rings (SSSR count). The summed E-state index contributed by atoms with van der Waals surface area (Å²) >= 11 is 1.78. The maximum absolute atomic E-state index is 5.34. The van der Waals surface area contributed by atoms with Crippen molar-refractivity contribution in [3.8, 4) is 0 Å². The highest BCUT2D eigenvalue weighted by Crippen LogP contribution is 2.19. The molecule has 1 N–H and O–H groups in total. The summed E-state index contributed by atoms with van der Waals surface area (Å²) in [6.45, 7) is 4.00. The summed E-state index contributed by atoms with van der Waals surface area (Å²) in [4.78, 5) is 4.26. The van der Waals surface area contributed by atoms with Crippen LogP contribution in [0.25, 0.3) is 0 Å². The fraction of sp³-hybridized carbons (Fsp3) is 0.889. The number of piperidine rings is 1. The monoisotopic (exact) mass is 200 g/mol. The first kappa shape index (κ1) is 9.34. The Labute approximate surface area is 83.3 Å². The molecule has 0 aromatic carbocycles. The molecule has 0 bridgehead atoms. The van der Waals surface area contributed by atoms with Crippen molar-refractivity contribution in [2.24, 2.45) is 10.9 Å². The molecule has 0 aromatic rings. The van der Waals surface area contributed by atoms with Crippen molar-refractivity contribution >= 4 is 17.0 Å². The predicted molar refractivity (Wildman–Crippen MR) is 56.3 cm³/mol. The van der Waals surface area contributed by atoms with Crippen LogP contribution in [-0.4, -0.2) is 37.2 Å². The minimum Gasteiger partial charge on any atom is -0.471 e. The summed E-state index contributed by atoms with van der Waals surface area (Å²) in [5, 5.41) is 4.32. The summed E-state index contributed by atoms with van der Waals surface area (Å²) in [6, 6.07) is 0. The molecular formula is C9H16N2OS. The molecule has 2 heterocycles. The Kier molecular flexibility index (Phi) is 3.49. The van der Waals surface area contributed by atoms with Crippen LogP contribution >= 0.6 is 11.8 Å². The number of thioether (sulfide) groups is 1. The summed E-state index contributed by atoms with van der Waals surface area (Å²) in [5.74, 6) is 1.97. The van der Waals surface area contributed by atoms with E-state index >= 15 is 0 Å². The van der Waals surface area contributed by atoms with Crippen molar-refractivity contribution in [2.45, 2.75) is 12.8 Å². The largest absolute Gasteiger partial charge is 0.471 e. The van der Waals surface area contributed by atoms with Gasteiger partial charge < -0.3 is 10.1 Å². The first-order valence-electron chi connectivity index (χ1n) is 4.96. The zero-order valence-electron chi connectivity index (χ0n) is 7.79. The summed E-state index contributed by atoms with van der Waals surface area (Å²) in [6.07, 6.45) is 2.67. The lowest BCUT2D eigenvalue weighted by atomic mass is 10.0. The van der Waals surface area contributed by atoms with Gasteiger partial charge in [-0.1, -0.05) is 11.8 Å². The van der Waals surface area contributed by atoms with E-state index < -0.39 is 0 Å². The SMILES string of the molecule is C1CNCC(CSC2=NCCO2)C1. The molecule has 0 aromatic heterocycles. The van der Waals surface area contributed by atoms with Crippen LogP contribution in [0.2, 0.25) is 0 Å². The van der Waals surface area contributed by atoms with Gasteiger partial charge in [0.25, 0.3) is 0 Å². The molecule has 1 atom stereocenters. The Morgan fingerprint density at radius 3 is 3.31 bits per heavy atom. The average Bonchev–Trinajstić information content (AvgIpc) is 2.69. The molecule has 3 nitrogen and oxygen atoms in total. The number of aliphatic imine (C=N–C) groups is 1. The quantitative estimate of drug-likeness (QED) is 0.725. The Balaban J connectivity index is 1.66. The van der Waals surface area contributed by atoms with Gasteiger partial charge in [-0.15, -0.1) is 0 Å². The molecule has 2 aliphatic heterocycles. The maximum atomic E-state index is 5.34. The van der Waals surface area contributed by atoms with Crippen LogP contribution < -0.4 is 5.32 Å². The van der Waals surface area contributed by atoms with Gasteiger partial charge in [-0.2, -0.15) is 0 Å². The van der Waals surface area contributed by atoms with Crippen molar-refractivity contribution < 1.29 is 4.74 Å². The van der Waals surface area contributed by atoms with Gasteiger partial charge in [-0.3, -0.25) is 0 Å². The molecule has 2 aliphatic rings. The van der Waals surface area contributed by atoms with Crippen LogP contribution in [0.5, 0.6) is 0 Å². The van der Waals surface area contributed by atoms with Crippen LogP contribution in [0, 0.1) is 5.92 Å². The Bertz CT molecular complexity index is 190. The molecular weight excluding hydrogens is 184 g/mol. The van der Waals surface area contributed by atoms with Crippen molar-refractivity contribution in [2.75, 3.05) is 32.0 Å². The molecule has 74 valence electrons. The van der Waals surface area contributed by atoms with Crippen LogP contribution in [0.4, 0.5) is 0 Å². The second kappa shape index (κ2) is 4.86. The van der Waals surface area contributed by atoms with Gasteiger partial charge in [0.05, 0.1) is 6.54 Å². The first-order valence-corrected chi connectivity index (χ1v) is 5.94. The molecule has 0 aliphatic carbocycles. The molecule has 1 saturated heterocycles. The molecule has 1 unspecified atom stereocenters. The zero-order chi connectivity index (χ0) is 8.93.